The van der Waals surface area contributed by atoms with Crippen LogP contribution in [-0.2, 0) is 11.3 Å². The molecule has 2 heterocycles. The van der Waals surface area contributed by atoms with Gasteiger partial charge < -0.3 is 19.7 Å². The van der Waals surface area contributed by atoms with Gasteiger partial charge in [0.15, 0.2) is 11.5 Å². The number of fused-ring (bicyclic) bond motifs is 1. The van der Waals surface area contributed by atoms with Crippen molar-refractivity contribution >= 4 is 27.5 Å². The molecule has 0 radical (unpaired) electrons. The Morgan fingerprint density at radius 1 is 1.56 bits per heavy atom. The Morgan fingerprint density at radius 2 is 2.32 bits per heavy atom. The molecular formula is C18H20BrNO5. The van der Waals surface area contributed by atoms with Crippen LogP contribution >= 0.6 is 15.9 Å². The highest BCUT2D eigenvalue weighted by molar-refractivity contribution is 9.10. The summed E-state index contributed by atoms with van der Waals surface area (Å²) in [5.41, 5.74) is 2.52. The van der Waals surface area contributed by atoms with E-state index in [9.17, 15) is 15.0 Å². The molecule has 2 aliphatic rings. The summed E-state index contributed by atoms with van der Waals surface area (Å²) < 4.78 is 12.3. The fourth-order valence-corrected chi connectivity index (χ4v) is 3.77. The highest BCUT2D eigenvalue weighted by Gasteiger charge is 2.35. The van der Waals surface area contributed by atoms with Gasteiger partial charge in [0.1, 0.15) is 6.10 Å². The lowest BCUT2D eigenvalue weighted by Crippen LogP contribution is -2.30. The Bertz CT molecular complexity index is 745. The Labute approximate surface area is 154 Å². The number of ether oxygens (including phenoxy) is 2. The predicted molar refractivity (Wildman–Crippen MR) is 96.8 cm³/mol. The van der Waals surface area contributed by atoms with E-state index in [1.54, 1.807) is 24.2 Å². The van der Waals surface area contributed by atoms with Gasteiger partial charge in [-0.1, -0.05) is 34.7 Å². The second-order valence-electron chi connectivity index (χ2n) is 6.17. The Kier molecular flexibility index (Phi) is 5.17. The Morgan fingerprint density at radius 3 is 3.00 bits per heavy atom. The van der Waals surface area contributed by atoms with E-state index >= 15 is 0 Å². The summed E-state index contributed by atoms with van der Waals surface area (Å²) in [4.78, 5) is 13.0. The molecule has 0 aliphatic carbocycles. The number of aliphatic carboxylic acids is 1. The zero-order valence-corrected chi connectivity index (χ0v) is 15.5. The minimum Gasteiger partial charge on any atom is -0.493 e. The smallest absolute Gasteiger partial charge is 0.317 e. The molecule has 0 fully saturated rings. The zero-order valence-electron chi connectivity index (χ0n) is 13.9. The molecule has 1 aromatic carbocycles. The van der Waals surface area contributed by atoms with Gasteiger partial charge >= 0.3 is 5.97 Å². The maximum atomic E-state index is 11.2. The largest absolute Gasteiger partial charge is 0.493 e. The lowest BCUT2D eigenvalue weighted by molar-refractivity contribution is -0.138. The van der Waals surface area contributed by atoms with E-state index in [0.29, 0.717) is 31.0 Å². The number of aliphatic hydroxyl groups is 1. The fraction of sp³-hybridized carbons (Fsp3) is 0.389. The summed E-state index contributed by atoms with van der Waals surface area (Å²) in [6.45, 7) is 4.89. The minimum absolute atomic E-state index is 0.107. The molecule has 134 valence electrons. The summed E-state index contributed by atoms with van der Waals surface area (Å²) in [6, 6.07) is 1.82. The first-order chi connectivity index (χ1) is 11.9. The first-order valence-corrected chi connectivity index (χ1v) is 8.74. The molecule has 0 saturated carbocycles. The quantitative estimate of drug-likeness (QED) is 0.746. The number of aliphatic hydroxyl groups excluding tert-OH is 1. The number of carboxylic acid groups (broad SMARTS) is 1. The van der Waals surface area contributed by atoms with Crippen molar-refractivity contribution in [3.8, 4) is 11.5 Å². The van der Waals surface area contributed by atoms with Gasteiger partial charge in [0.2, 0.25) is 0 Å². The van der Waals surface area contributed by atoms with Crippen molar-refractivity contribution in [3.05, 3.63) is 40.4 Å². The molecule has 2 aliphatic heterocycles. The van der Waals surface area contributed by atoms with Crippen LogP contribution in [0.15, 0.2) is 29.3 Å². The first-order valence-electron chi connectivity index (χ1n) is 7.94. The van der Waals surface area contributed by atoms with E-state index in [2.05, 4.69) is 22.5 Å². The lowest BCUT2D eigenvalue weighted by Gasteiger charge is -2.22. The molecule has 2 bridgehead atoms. The maximum Gasteiger partial charge on any atom is 0.317 e. The molecule has 1 aromatic rings. The lowest BCUT2D eigenvalue weighted by atomic mass is 9.95. The van der Waals surface area contributed by atoms with Gasteiger partial charge in [0.05, 0.1) is 19.8 Å². The van der Waals surface area contributed by atoms with Crippen molar-refractivity contribution in [2.24, 2.45) is 0 Å². The number of hydrogen-bond acceptors (Lipinski definition) is 5. The summed E-state index contributed by atoms with van der Waals surface area (Å²) in [5.74, 6) is 0.280. The van der Waals surface area contributed by atoms with E-state index in [1.807, 2.05) is 6.07 Å². The molecular weight excluding hydrogens is 390 g/mol. The number of halogens is 1. The molecule has 3 rings (SSSR count). The van der Waals surface area contributed by atoms with Crippen molar-refractivity contribution in [1.29, 1.82) is 0 Å². The molecule has 7 heteroatoms. The van der Waals surface area contributed by atoms with Crippen LogP contribution in [0.4, 0.5) is 0 Å². The average Bonchev–Trinajstić information content (AvgIpc) is 2.84. The van der Waals surface area contributed by atoms with Gasteiger partial charge in [-0.05, 0) is 17.2 Å². The molecule has 0 amide bonds. The number of carboxylic acids is 1. The van der Waals surface area contributed by atoms with Crippen molar-refractivity contribution in [1.82, 2.24) is 4.90 Å². The van der Waals surface area contributed by atoms with Crippen LogP contribution in [0.3, 0.4) is 0 Å². The van der Waals surface area contributed by atoms with Gasteiger partial charge in [0, 0.05) is 29.5 Å². The van der Waals surface area contributed by atoms with E-state index < -0.39 is 12.1 Å². The number of carbonyl (C=O) groups is 1. The van der Waals surface area contributed by atoms with Gasteiger partial charge in [-0.2, -0.15) is 0 Å². The summed E-state index contributed by atoms with van der Waals surface area (Å²) >= 11 is 3.57. The summed E-state index contributed by atoms with van der Waals surface area (Å²) in [6.07, 6.45) is 2.80. The molecule has 6 nitrogen and oxygen atoms in total. The highest BCUT2D eigenvalue weighted by Crippen LogP contribution is 2.49. The third-order valence-corrected chi connectivity index (χ3v) is 5.11. The zero-order chi connectivity index (χ0) is 18.1. The molecule has 0 spiro atoms. The summed E-state index contributed by atoms with van der Waals surface area (Å²) in [7, 11) is 1.57. The molecule has 1 unspecified atom stereocenters. The van der Waals surface area contributed by atoms with Crippen LogP contribution in [0.25, 0.3) is 5.57 Å². The van der Waals surface area contributed by atoms with Crippen LogP contribution in [0.5, 0.6) is 11.5 Å². The standard InChI is InChI=1S/C18H20BrNO5/c1-10-14-6-11(21)4-3-5-20(9-16(22)23)8-12-13(19)7-15(24-2)18(25-14)17(10)12/h3-4,7,11,14,21H,1,5-6,8-9H2,2H3,(H,22,23)/b4-3+/t11-,14?/m0/s1. The third kappa shape index (κ3) is 3.58. The van der Waals surface area contributed by atoms with Gasteiger partial charge in [0.25, 0.3) is 0 Å². The van der Waals surface area contributed by atoms with Gasteiger partial charge in [-0.25, -0.2) is 0 Å². The molecule has 2 atom stereocenters. The molecule has 0 saturated heterocycles. The molecule has 25 heavy (non-hydrogen) atoms. The monoisotopic (exact) mass is 409 g/mol. The predicted octanol–water partition coefficient (Wildman–Crippen LogP) is 2.44. The number of benzene rings is 1. The van der Waals surface area contributed by atoms with Crippen LogP contribution in [-0.4, -0.2) is 53.5 Å². The first kappa shape index (κ1) is 18.0. The summed E-state index contributed by atoms with van der Waals surface area (Å²) in [5, 5.41) is 19.4. The number of nitrogens with zero attached hydrogens (tertiary/aromatic N) is 1. The Balaban J connectivity index is 2.11. The van der Waals surface area contributed by atoms with Crippen LogP contribution in [0.1, 0.15) is 17.5 Å². The Hall–Kier alpha value is -1.83. The second kappa shape index (κ2) is 7.19. The topological polar surface area (TPSA) is 79.2 Å². The average molecular weight is 410 g/mol. The molecule has 2 N–H and O–H groups in total. The number of hydrogen-bond donors (Lipinski definition) is 2. The fourth-order valence-electron chi connectivity index (χ4n) is 3.24. The van der Waals surface area contributed by atoms with E-state index in [4.69, 9.17) is 9.47 Å². The maximum absolute atomic E-state index is 11.2. The van der Waals surface area contributed by atoms with Gasteiger partial charge in [-0.15, -0.1) is 0 Å². The number of methoxy groups -OCH3 is 1. The minimum atomic E-state index is -0.905. The molecule has 0 aromatic heterocycles. The van der Waals surface area contributed by atoms with Crippen molar-refractivity contribution in [3.63, 3.8) is 0 Å². The number of rotatable bonds is 3. The van der Waals surface area contributed by atoms with Crippen molar-refractivity contribution in [2.45, 2.75) is 25.2 Å². The normalized spacial score (nSPS) is 24.4. The highest BCUT2D eigenvalue weighted by atomic mass is 79.9. The van der Waals surface area contributed by atoms with Gasteiger partial charge in [-0.3, -0.25) is 9.69 Å². The van der Waals surface area contributed by atoms with Crippen molar-refractivity contribution in [2.75, 3.05) is 20.2 Å². The SMILES string of the molecule is C=C1c2c3c(Br)cc(OC)c2OC1C[C@@H](O)/C=C/CN(CC(=O)O)C3. The van der Waals surface area contributed by atoms with Crippen LogP contribution in [0.2, 0.25) is 0 Å². The van der Waals surface area contributed by atoms with E-state index in [-0.39, 0.29) is 12.6 Å². The van der Waals surface area contributed by atoms with E-state index in [1.165, 1.54) is 0 Å². The third-order valence-electron chi connectivity index (χ3n) is 4.41. The van der Waals surface area contributed by atoms with E-state index in [0.717, 1.165) is 21.2 Å². The van der Waals surface area contributed by atoms with Crippen LogP contribution < -0.4 is 9.47 Å². The van der Waals surface area contributed by atoms with Crippen LogP contribution in [0, 0.1) is 0 Å². The second-order valence-corrected chi connectivity index (χ2v) is 7.02. The van der Waals surface area contributed by atoms with Crippen molar-refractivity contribution < 1.29 is 24.5 Å².